The minimum absolute atomic E-state index is 0.116. The van der Waals surface area contributed by atoms with Crippen molar-refractivity contribution in [1.82, 2.24) is 10.2 Å². The molecule has 1 saturated heterocycles. The number of nitrogens with zero attached hydrogens (tertiary/aromatic N) is 1. The van der Waals surface area contributed by atoms with Crippen LogP contribution >= 0.6 is 11.6 Å². The van der Waals surface area contributed by atoms with Crippen LogP contribution in [0.1, 0.15) is 25.8 Å². The number of carbonyl (C=O) groups is 1. The average molecular weight is 341 g/mol. The highest BCUT2D eigenvalue weighted by Crippen LogP contribution is 2.26. The van der Waals surface area contributed by atoms with Gasteiger partial charge < -0.3 is 19.7 Å². The molecule has 0 aromatic heterocycles. The van der Waals surface area contributed by atoms with Crippen molar-refractivity contribution in [2.75, 3.05) is 26.8 Å². The highest BCUT2D eigenvalue weighted by atomic mass is 35.5. The first-order valence-electron chi connectivity index (χ1n) is 7.90. The molecule has 1 aliphatic rings. The molecule has 23 heavy (non-hydrogen) atoms. The summed E-state index contributed by atoms with van der Waals surface area (Å²) in [6.45, 7) is 6.34. The Morgan fingerprint density at radius 2 is 2.04 bits per heavy atom. The van der Waals surface area contributed by atoms with Crippen molar-refractivity contribution in [2.45, 2.75) is 32.6 Å². The summed E-state index contributed by atoms with van der Waals surface area (Å²) in [5.41, 5.74) is 0.931. The molecule has 1 heterocycles. The summed E-state index contributed by atoms with van der Waals surface area (Å²) in [6, 6.07) is 7.42. The fraction of sp³-hybridized carbons (Fsp3) is 0.588. The van der Waals surface area contributed by atoms with Crippen molar-refractivity contribution in [3.63, 3.8) is 0 Å². The van der Waals surface area contributed by atoms with Gasteiger partial charge in [-0.15, -0.1) is 0 Å². The Kier molecular flexibility index (Phi) is 6.27. The Bertz CT molecular complexity index is 532. The van der Waals surface area contributed by atoms with E-state index in [9.17, 15) is 4.79 Å². The van der Waals surface area contributed by atoms with E-state index in [-0.39, 0.29) is 11.9 Å². The van der Waals surface area contributed by atoms with Crippen molar-refractivity contribution in [2.24, 2.45) is 5.92 Å². The fourth-order valence-electron chi connectivity index (χ4n) is 2.73. The first-order chi connectivity index (χ1) is 10.9. The van der Waals surface area contributed by atoms with Gasteiger partial charge in [-0.2, -0.15) is 0 Å². The summed E-state index contributed by atoms with van der Waals surface area (Å²) >= 11 is 6.12. The summed E-state index contributed by atoms with van der Waals surface area (Å²) < 4.78 is 11.2. The second-order valence-corrected chi connectivity index (χ2v) is 6.68. The van der Waals surface area contributed by atoms with Crippen LogP contribution in [0.25, 0.3) is 0 Å². The van der Waals surface area contributed by atoms with Crippen molar-refractivity contribution < 1.29 is 14.3 Å². The average Bonchev–Trinajstić information content (AvgIpc) is 2.93. The number of ether oxygens (including phenoxy) is 2. The lowest BCUT2D eigenvalue weighted by Crippen LogP contribution is -2.40. The van der Waals surface area contributed by atoms with Crippen LogP contribution in [0, 0.1) is 5.92 Å². The number of benzene rings is 1. The highest BCUT2D eigenvalue weighted by Gasteiger charge is 2.32. The third-order valence-electron chi connectivity index (χ3n) is 3.93. The van der Waals surface area contributed by atoms with E-state index in [1.54, 1.807) is 11.9 Å². The minimum atomic E-state index is -0.520. The third kappa shape index (κ3) is 5.37. The lowest BCUT2D eigenvalue weighted by molar-refractivity contribution is -0.153. The molecule has 2 rings (SSSR count). The molecular formula is C17H25ClN2O3. The standard InChI is InChI=1S/C17H25ClN2O3/c1-13(10-17(2)22-8-9-23-17)11-19-16(21)20(3)12-14-6-4-5-7-15(14)18/h4-7,13H,8-12H2,1-3H3,(H,19,21)/t13-/m1/s1. The number of urea groups is 1. The summed E-state index contributed by atoms with van der Waals surface area (Å²) in [4.78, 5) is 13.8. The van der Waals surface area contributed by atoms with Gasteiger partial charge in [0, 0.05) is 31.6 Å². The Balaban J connectivity index is 1.76. The Morgan fingerprint density at radius 1 is 1.39 bits per heavy atom. The van der Waals surface area contributed by atoms with E-state index in [4.69, 9.17) is 21.1 Å². The molecule has 5 nitrogen and oxygen atoms in total. The van der Waals surface area contributed by atoms with E-state index in [1.807, 2.05) is 31.2 Å². The SMILES string of the molecule is C[C@@H](CNC(=O)N(C)Cc1ccccc1Cl)CC1(C)OCCO1. The Hall–Kier alpha value is -1.30. The van der Waals surface area contributed by atoms with E-state index in [0.717, 1.165) is 12.0 Å². The number of nitrogens with one attached hydrogen (secondary N) is 1. The molecule has 0 saturated carbocycles. The zero-order valence-electron chi connectivity index (χ0n) is 14.0. The molecule has 0 aliphatic carbocycles. The number of rotatable bonds is 6. The highest BCUT2D eigenvalue weighted by molar-refractivity contribution is 6.31. The lowest BCUT2D eigenvalue weighted by atomic mass is 10.0. The second-order valence-electron chi connectivity index (χ2n) is 6.27. The van der Waals surface area contributed by atoms with Gasteiger partial charge in [0.1, 0.15) is 0 Å². The van der Waals surface area contributed by atoms with Crippen molar-refractivity contribution >= 4 is 17.6 Å². The van der Waals surface area contributed by atoms with Gasteiger partial charge in [-0.1, -0.05) is 36.7 Å². The third-order valence-corrected chi connectivity index (χ3v) is 4.30. The van der Waals surface area contributed by atoms with Crippen LogP contribution < -0.4 is 5.32 Å². The molecule has 1 aliphatic heterocycles. The van der Waals surface area contributed by atoms with Crippen LogP contribution in [0.2, 0.25) is 5.02 Å². The first-order valence-corrected chi connectivity index (χ1v) is 8.28. The molecule has 0 bridgehead atoms. The second kappa shape index (κ2) is 7.99. The lowest BCUT2D eigenvalue weighted by Gasteiger charge is -2.26. The molecule has 1 aromatic rings. The largest absolute Gasteiger partial charge is 0.348 e. The smallest absolute Gasteiger partial charge is 0.317 e. The topological polar surface area (TPSA) is 50.8 Å². The summed E-state index contributed by atoms with van der Waals surface area (Å²) in [5.74, 6) is -0.260. The normalized spacial score (nSPS) is 17.7. The molecule has 0 radical (unpaired) electrons. The van der Waals surface area contributed by atoms with E-state index >= 15 is 0 Å². The van der Waals surface area contributed by atoms with E-state index in [1.165, 1.54) is 0 Å². The summed E-state index contributed by atoms with van der Waals surface area (Å²) in [7, 11) is 1.76. The van der Waals surface area contributed by atoms with Crippen LogP contribution in [0.15, 0.2) is 24.3 Å². The molecule has 2 amide bonds. The van der Waals surface area contributed by atoms with Gasteiger partial charge >= 0.3 is 6.03 Å². The fourth-order valence-corrected chi connectivity index (χ4v) is 2.93. The van der Waals surface area contributed by atoms with Gasteiger partial charge in [-0.3, -0.25) is 0 Å². The first kappa shape index (κ1) is 18.0. The monoisotopic (exact) mass is 340 g/mol. The predicted molar refractivity (Wildman–Crippen MR) is 90.4 cm³/mol. The van der Waals surface area contributed by atoms with Crippen LogP contribution in [-0.2, 0) is 16.0 Å². The summed E-state index contributed by atoms with van der Waals surface area (Å²) in [5, 5.41) is 3.62. The molecule has 1 atom stereocenters. The number of halogens is 1. The van der Waals surface area contributed by atoms with Crippen LogP contribution in [0.5, 0.6) is 0 Å². The molecule has 1 aromatic carbocycles. The molecule has 0 unspecified atom stereocenters. The van der Waals surface area contributed by atoms with Crippen LogP contribution in [0.4, 0.5) is 4.79 Å². The van der Waals surface area contributed by atoms with Crippen molar-refractivity contribution in [3.8, 4) is 0 Å². The number of amides is 2. The van der Waals surface area contributed by atoms with E-state index in [2.05, 4.69) is 12.2 Å². The zero-order valence-corrected chi connectivity index (χ0v) is 14.7. The van der Waals surface area contributed by atoms with Crippen LogP contribution in [0.3, 0.4) is 0 Å². The van der Waals surface area contributed by atoms with Gasteiger partial charge in [0.25, 0.3) is 0 Å². The van der Waals surface area contributed by atoms with Gasteiger partial charge in [0.05, 0.1) is 13.2 Å². The molecule has 128 valence electrons. The molecule has 1 fully saturated rings. The molecule has 6 heteroatoms. The minimum Gasteiger partial charge on any atom is -0.348 e. The number of hydrogen-bond acceptors (Lipinski definition) is 3. The maximum Gasteiger partial charge on any atom is 0.317 e. The quantitative estimate of drug-likeness (QED) is 0.864. The van der Waals surface area contributed by atoms with E-state index < -0.39 is 5.79 Å². The van der Waals surface area contributed by atoms with Gasteiger partial charge in [-0.25, -0.2) is 4.79 Å². The van der Waals surface area contributed by atoms with Crippen molar-refractivity contribution in [1.29, 1.82) is 0 Å². The van der Waals surface area contributed by atoms with Crippen LogP contribution in [-0.4, -0.2) is 43.5 Å². The number of carbonyl (C=O) groups excluding carboxylic acids is 1. The Labute approximate surface area is 142 Å². The Morgan fingerprint density at radius 3 is 2.70 bits per heavy atom. The number of hydrogen-bond donors (Lipinski definition) is 1. The van der Waals surface area contributed by atoms with Crippen molar-refractivity contribution in [3.05, 3.63) is 34.9 Å². The zero-order chi connectivity index (χ0) is 16.9. The molecule has 0 spiro atoms. The maximum atomic E-state index is 12.2. The van der Waals surface area contributed by atoms with Gasteiger partial charge in [0.2, 0.25) is 0 Å². The molecule has 1 N–H and O–H groups in total. The maximum absolute atomic E-state index is 12.2. The van der Waals surface area contributed by atoms with Gasteiger partial charge in [0.15, 0.2) is 5.79 Å². The summed E-state index contributed by atoms with van der Waals surface area (Å²) in [6.07, 6.45) is 0.751. The van der Waals surface area contributed by atoms with E-state index in [0.29, 0.717) is 31.3 Å². The molecular weight excluding hydrogens is 316 g/mol. The predicted octanol–water partition coefficient (Wildman–Crippen LogP) is 3.27. The van der Waals surface area contributed by atoms with Gasteiger partial charge in [-0.05, 0) is 24.5 Å².